The molecule has 4 N–H and O–H groups in total. The van der Waals surface area contributed by atoms with E-state index in [1.807, 2.05) is 18.2 Å². The third kappa shape index (κ3) is 7.95. The quantitative estimate of drug-likeness (QED) is 0.305. The second-order valence-electron chi connectivity index (χ2n) is 7.63. The predicted molar refractivity (Wildman–Crippen MR) is 127 cm³/mol. The van der Waals surface area contributed by atoms with E-state index in [4.69, 9.17) is 5.73 Å². The Morgan fingerprint density at radius 3 is 2.43 bits per heavy atom. The fourth-order valence-electron chi connectivity index (χ4n) is 3.66. The van der Waals surface area contributed by atoms with Gasteiger partial charge >= 0.3 is 0 Å². The van der Waals surface area contributed by atoms with Crippen molar-refractivity contribution < 1.29 is 4.79 Å². The molecule has 158 valence electrons. The predicted octanol–water partition coefficient (Wildman–Crippen LogP) is 2.97. The maximum atomic E-state index is 11.3. The number of carbonyl (C=O) groups is 1. The average Bonchev–Trinajstić information content (AvgIpc) is 2.93. The van der Waals surface area contributed by atoms with Crippen LogP contribution in [0.3, 0.4) is 0 Å². The van der Waals surface area contributed by atoms with E-state index < -0.39 is 5.91 Å². The number of nitrogens with two attached hydrogens (primary N) is 1. The standard InChI is InChI=1S/C21H35N5O.HI/c1-16(2)19(26-11-6-4-5-7-12-26)15-25-21(23-3)24-14-17-9-8-10-18(13-17)20(22)27;/h8-10,13,16,19H,4-7,11-12,14-15H2,1-3H3,(H2,22,27)(H2,23,24,25);1H. The Hall–Kier alpha value is -1.35. The Bertz CT molecular complexity index is 627. The molecule has 28 heavy (non-hydrogen) atoms. The molecule has 1 heterocycles. The summed E-state index contributed by atoms with van der Waals surface area (Å²) in [5.74, 6) is 0.956. The lowest BCUT2D eigenvalue weighted by atomic mass is 10.0. The SMILES string of the molecule is CN=C(NCc1cccc(C(N)=O)c1)NCC(C(C)C)N1CCCCCC1.I. The molecule has 0 bridgehead atoms. The molecule has 1 amide bonds. The molecule has 0 aliphatic carbocycles. The monoisotopic (exact) mass is 501 g/mol. The number of amides is 1. The second kappa shape index (κ2) is 13.0. The number of nitrogens with one attached hydrogen (secondary N) is 2. The van der Waals surface area contributed by atoms with Gasteiger partial charge in [-0.1, -0.05) is 38.8 Å². The van der Waals surface area contributed by atoms with Crippen molar-refractivity contribution in [2.45, 2.75) is 52.1 Å². The van der Waals surface area contributed by atoms with Crippen LogP contribution in [0.5, 0.6) is 0 Å². The van der Waals surface area contributed by atoms with Crippen LogP contribution in [0.4, 0.5) is 0 Å². The first-order valence-corrected chi connectivity index (χ1v) is 10.1. The van der Waals surface area contributed by atoms with Gasteiger partial charge in [0.1, 0.15) is 0 Å². The molecule has 1 aromatic rings. The highest BCUT2D eigenvalue weighted by atomic mass is 127. The molecule has 1 aliphatic rings. The van der Waals surface area contributed by atoms with Gasteiger partial charge in [-0.05, 0) is 49.5 Å². The Balaban J connectivity index is 0.00000392. The van der Waals surface area contributed by atoms with E-state index in [-0.39, 0.29) is 24.0 Å². The van der Waals surface area contributed by atoms with Crippen molar-refractivity contribution in [1.82, 2.24) is 15.5 Å². The number of carbonyl (C=O) groups excluding carboxylic acids is 1. The lowest BCUT2D eigenvalue weighted by Gasteiger charge is -2.34. The van der Waals surface area contributed by atoms with E-state index >= 15 is 0 Å². The minimum atomic E-state index is -0.406. The number of likely N-dealkylation sites (tertiary alicyclic amines) is 1. The zero-order chi connectivity index (χ0) is 19.6. The van der Waals surface area contributed by atoms with Gasteiger partial charge in [-0.15, -0.1) is 24.0 Å². The van der Waals surface area contributed by atoms with Crippen LogP contribution in [0.1, 0.15) is 55.5 Å². The van der Waals surface area contributed by atoms with Crippen LogP contribution in [0.25, 0.3) is 0 Å². The molecule has 1 aliphatic heterocycles. The average molecular weight is 501 g/mol. The summed E-state index contributed by atoms with van der Waals surface area (Å²) in [5, 5.41) is 6.81. The van der Waals surface area contributed by atoms with E-state index in [0.717, 1.165) is 18.1 Å². The van der Waals surface area contributed by atoms with Crippen molar-refractivity contribution in [2.24, 2.45) is 16.6 Å². The van der Waals surface area contributed by atoms with Crippen LogP contribution in [0.2, 0.25) is 0 Å². The Morgan fingerprint density at radius 1 is 1.18 bits per heavy atom. The van der Waals surface area contributed by atoms with E-state index in [1.165, 1.54) is 38.8 Å². The Morgan fingerprint density at radius 2 is 1.86 bits per heavy atom. The summed E-state index contributed by atoms with van der Waals surface area (Å²) in [6.45, 7) is 8.44. The number of nitrogens with zero attached hydrogens (tertiary/aromatic N) is 2. The van der Waals surface area contributed by atoms with E-state index in [0.29, 0.717) is 24.1 Å². The summed E-state index contributed by atoms with van der Waals surface area (Å²) in [5.41, 5.74) is 6.88. The lowest BCUT2D eigenvalue weighted by Crippen LogP contribution is -2.49. The third-order valence-electron chi connectivity index (χ3n) is 5.25. The second-order valence-corrected chi connectivity index (χ2v) is 7.63. The molecule has 0 saturated carbocycles. The topological polar surface area (TPSA) is 82.7 Å². The lowest BCUT2D eigenvalue weighted by molar-refractivity contribution is 0.1000. The number of hydrogen-bond donors (Lipinski definition) is 3. The largest absolute Gasteiger partial charge is 0.366 e. The normalized spacial score (nSPS) is 16.8. The van der Waals surface area contributed by atoms with E-state index in [1.54, 1.807) is 13.1 Å². The molecule has 7 heteroatoms. The highest BCUT2D eigenvalue weighted by Crippen LogP contribution is 2.17. The fraction of sp³-hybridized carbons (Fsp3) is 0.619. The van der Waals surface area contributed by atoms with Crippen molar-refractivity contribution in [3.8, 4) is 0 Å². The number of benzene rings is 1. The summed E-state index contributed by atoms with van der Waals surface area (Å²) in [6.07, 6.45) is 5.30. The summed E-state index contributed by atoms with van der Waals surface area (Å²) in [7, 11) is 1.78. The van der Waals surface area contributed by atoms with Crippen LogP contribution in [-0.2, 0) is 6.54 Å². The molecule has 2 rings (SSSR count). The Kier molecular flexibility index (Phi) is 11.4. The zero-order valence-corrected chi connectivity index (χ0v) is 19.7. The molecule has 1 unspecified atom stereocenters. The molecule has 1 aromatic carbocycles. The summed E-state index contributed by atoms with van der Waals surface area (Å²) in [4.78, 5) is 18.3. The first kappa shape index (κ1) is 24.7. The van der Waals surface area contributed by atoms with Crippen LogP contribution in [0.15, 0.2) is 29.3 Å². The zero-order valence-electron chi connectivity index (χ0n) is 17.4. The first-order valence-electron chi connectivity index (χ1n) is 10.1. The molecule has 0 aromatic heterocycles. The molecule has 6 nitrogen and oxygen atoms in total. The Labute approximate surface area is 186 Å². The number of halogens is 1. The number of primary amides is 1. The summed E-state index contributed by atoms with van der Waals surface area (Å²) < 4.78 is 0. The van der Waals surface area contributed by atoms with Crippen molar-refractivity contribution in [3.63, 3.8) is 0 Å². The summed E-state index contributed by atoms with van der Waals surface area (Å²) in [6, 6.07) is 7.87. The van der Waals surface area contributed by atoms with Crippen molar-refractivity contribution in [2.75, 3.05) is 26.7 Å². The van der Waals surface area contributed by atoms with Crippen LogP contribution < -0.4 is 16.4 Å². The van der Waals surface area contributed by atoms with Gasteiger partial charge in [-0.25, -0.2) is 0 Å². The third-order valence-corrected chi connectivity index (χ3v) is 5.25. The minimum absolute atomic E-state index is 0. The van der Waals surface area contributed by atoms with Gasteiger partial charge in [0.25, 0.3) is 0 Å². The van der Waals surface area contributed by atoms with E-state index in [9.17, 15) is 4.79 Å². The van der Waals surface area contributed by atoms with E-state index in [2.05, 4.69) is 34.4 Å². The number of guanidine groups is 1. The highest BCUT2D eigenvalue weighted by molar-refractivity contribution is 14.0. The number of aliphatic imine (C=N–C) groups is 1. The molecular formula is C21H36IN5O. The van der Waals surface area contributed by atoms with Gasteiger partial charge in [0, 0.05) is 31.7 Å². The first-order chi connectivity index (χ1) is 13.0. The number of hydrogen-bond acceptors (Lipinski definition) is 3. The van der Waals surface area contributed by atoms with Crippen molar-refractivity contribution in [1.29, 1.82) is 0 Å². The molecule has 0 spiro atoms. The van der Waals surface area contributed by atoms with Crippen LogP contribution in [-0.4, -0.2) is 49.5 Å². The number of rotatable bonds is 7. The maximum Gasteiger partial charge on any atom is 0.248 e. The molecule has 1 saturated heterocycles. The minimum Gasteiger partial charge on any atom is -0.366 e. The smallest absolute Gasteiger partial charge is 0.248 e. The molecule has 1 fully saturated rings. The fourth-order valence-corrected chi connectivity index (χ4v) is 3.66. The highest BCUT2D eigenvalue weighted by Gasteiger charge is 2.22. The summed E-state index contributed by atoms with van der Waals surface area (Å²) >= 11 is 0. The molecular weight excluding hydrogens is 465 g/mol. The van der Waals surface area contributed by atoms with Gasteiger partial charge < -0.3 is 16.4 Å². The van der Waals surface area contributed by atoms with Gasteiger partial charge in [-0.3, -0.25) is 14.7 Å². The van der Waals surface area contributed by atoms with Crippen molar-refractivity contribution >= 4 is 35.8 Å². The van der Waals surface area contributed by atoms with Crippen molar-refractivity contribution in [3.05, 3.63) is 35.4 Å². The molecule has 1 atom stereocenters. The van der Waals surface area contributed by atoms with Crippen LogP contribution in [0, 0.1) is 5.92 Å². The maximum absolute atomic E-state index is 11.3. The van der Waals surface area contributed by atoms with Gasteiger partial charge in [-0.2, -0.15) is 0 Å². The van der Waals surface area contributed by atoms with Gasteiger partial charge in [0.2, 0.25) is 5.91 Å². The van der Waals surface area contributed by atoms with Crippen LogP contribution >= 0.6 is 24.0 Å². The van der Waals surface area contributed by atoms with Gasteiger partial charge in [0.05, 0.1) is 0 Å². The molecule has 0 radical (unpaired) electrons. The van der Waals surface area contributed by atoms with Gasteiger partial charge in [0.15, 0.2) is 5.96 Å².